The third-order valence-corrected chi connectivity index (χ3v) is 2.30. The van der Waals surface area contributed by atoms with E-state index in [-0.39, 0.29) is 12.4 Å². The Labute approximate surface area is 88.8 Å². The highest BCUT2D eigenvalue weighted by atomic mass is 19.1. The summed E-state index contributed by atoms with van der Waals surface area (Å²) in [6, 6.07) is 4.60. The molecule has 1 unspecified atom stereocenters. The quantitative estimate of drug-likeness (QED) is 0.792. The van der Waals surface area contributed by atoms with Gasteiger partial charge in [0.15, 0.2) is 0 Å². The van der Waals surface area contributed by atoms with Crippen molar-refractivity contribution in [1.29, 1.82) is 0 Å². The van der Waals surface area contributed by atoms with Crippen molar-refractivity contribution in [3.05, 3.63) is 29.6 Å². The molecular formula is C11H16FNO2. The summed E-state index contributed by atoms with van der Waals surface area (Å²) in [5.41, 5.74) is 0.974. The number of rotatable bonds is 4. The SMILES string of the molecule is CC(O)c1ccc(N(C)CCO)c(F)c1. The first kappa shape index (κ1) is 11.9. The molecule has 0 radical (unpaired) electrons. The molecule has 0 aromatic heterocycles. The average Bonchev–Trinajstić information content (AvgIpc) is 2.17. The van der Waals surface area contributed by atoms with Gasteiger partial charge < -0.3 is 15.1 Å². The van der Waals surface area contributed by atoms with Gasteiger partial charge in [0, 0.05) is 13.6 Å². The third kappa shape index (κ3) is 2.91. The molecule has 2 N–H and O–H groups in total. The second kappa shape index (κ2) is 5.09. The zero-order valence-corrected chi connectivity index (χ0v) is 8.94. The fourth-order valence-electron chi connectivity index (χ4n) is 1.36. The second-order valence-corrected chi connectivity index (χ2v) is 3.53. The van der Waals surface area contributed by atoms with Gasteiger partial charge in [-0.2, -0.15) is 0 Å². The molecule has 0 spiro atoms. The average molecular weight is 213 g/mol. The van der Waals surface area contributed by atoms with Crippen LogP contribution in [0.1, 0.15) is 18.6 Å². The molecule has 0 saturated heterocycles. The molecule has 1 aromatic rings. The van der Waals surface area contributed by atoms with Crippen molar-refractivity contribution in [2.75, 3.05) is 25.1 Å². The molecule has 15 heavy (non-hydrogen) atoms. The van der Waals surface area contributed by atoms with E-state index in [0.29, 0.717) is 17.8 Å². The van der Waals surface area contributed by atoms with Gasteiger partial charge in [0.1, 0.15) is 5.82 Å². The largest absolute Gasteiger partial charge is 0.395 e. The maximum absolute atomic E-state index is 13.5. The summed E-state index contributed by atoms with van der Waals surface area (Å²) in [6.45, 7) is 1.95. The van der Waals surface area contributed by atoms with Crippen LogP contribution in [0, 0.1) is 5.82 Å². The maximum atomic E-state index is 13.5. The van der Waals surface area contributed by atoms with Crippen LogP contribution in [0.2, 0.25) is 0 Å². The molecular weight excluding hydrogens is 197 g/mol. The lowest BCUT2D eigenvalue weighted by Crippen LogP contribution is -2.22. The summed E-state index contributed by atoms with van der Waals surface area (Å²) >= 11 is 0. The van der Waals surface area contributed by atoms with Gasteiger partial charge in [-0.15, -0.1) is 0 Å². The van der Waals surface area contributed by atoms with Crippen molar-refractivity contribution in [3.63, 3.8) is 0 Å². The first-order valence-electron chi connectivity index (χ1n) is 4.85. The lowest BCUT2D eigenvalue weighted by Gasteiger charge is -2.19. The zero-order chi connectivity index (χ0) is 11.4. The number of hydrogen-bond donors (Lipinski definition) is 2. The second-order valence-electron chi connectivity index (χ2n) is 3.53. The monoisotopic (exact) mass is 213 g/mol. The molecule has 1 aromatic carbocycles. The molecule has 4 heteroatoms. The fraction of sp³-hybridized carbons (Fsp3) is 0.455. The number of likely N-dealkylation sites (N-methyl/N-ethyl adjacent to an activating group) is 1. The minimum atomic E-state index is -0.670. The Morgan fingerprint density at radius 1 is 1.47 bits per heavy atom. The van der Waals surface area contributed by atoms with Crippen molar-refractivity contribution >= 4 is 5.69 Å². The predicted octanol–water partition coefficient (Wildman–Crippen LogP) is 1.31. The Kier molecular flexibility index (Phi) is 4.05. The molecule has 0 aliphatic heterocycles. The van der Waals surface area contributed by atoms with E-state index in [9.17, 15) is 9.50 Å². The topological polar surface area (TPSA) is 43.7 Å². The summed E-state index contributed by atoms with van der Waals surface area (Å²) in [5.74, 6) is -0.385. The van der Waals surface area contributed by atoms with Crippen LogP contribution in [0.3, 0.4) is 0 Å². The molecule has 0 aliphatic carbocycles. The third-order valence-electron chi connectivity index (χ3n) is 2.30. The number of hydrogen-bond acceptors (Lipinski definition) is 3. The normalized spacial score (nSPS) is 12.6. The van der Waals surface area contributed by atoms with Gasteiger partial charge in [-0.05, 0) is 24.6 Å². The molecule has 0 heterocycles. The molecule has 0 saturated carbocycles. The lowest BCUT2D eigenvalue weighted by molar-refractivity contribution is 0.199. The highest BCUT2D eigenvalue weighted by molar-refractivity contribution is 5.48. The molecule has 84 valence electrons. The van der Waals surface area contributed by atoms with Crippen molar-refractivity contribution < 1.29 is 14.6 Å². The van der Waals surface area contributed by atoms with Crippen LogP contribution in [-0.4, -0.2) is 30.4 Å². The molecule has 0 amide bonds. The highest BCUT2D eigenvalue weighted by Gasteiger charge is 2.09. The Balaban J connectivity index is 2.92. The Hall–Kier alpha value is -1.13. The van der Waals surface area contributed by atoms with Crippen molar-refractivity contribution in [2.24, 2.45) is 0 Å². The van der Waals surface area contributed by atoms with E-state index in [1.165, 1.54) is 6.07 Å². The Morgan fingerprint density at radius 2 is 2.13 bits per heavy atom. The van der Waals surface area contributed by atoms with Crippen molar-refractivity contribution in [3.8, 4) is 0 Å². The summed E-state index contributed by atoms with van der Waals surface area (Å²) < 4.78 is 13.5. The Morgan fingerprint density at radius 3 is 2.60 bits per heavy atom. The standard InChI is InChI=1S/C11H16FNO2/c1-8(15)9-3-4-11(10(12)7-9)13(2)5-6-14/h3-4,7-8,14-15H,5-6H2,1-2H3. The number of aliphatic hydroxyl groups excluding tert-OH is 2. The fourth-order valence-corrected chi connectivity index (χ4v) is 1.36. The van der Waals surface area contributed by atoms with E-state index in [2.05, 4.69) is 0 Å². The number of halogens is 1. The van der Waals surface area contributed by atoms with Crippen LogP contribution >= 0.6 is 0 Å². The van der Waals surface area contributed by atoms with E-state index in [0.717, 1.165) is 0 Å². The van der Waals surface area contributed by atoms with E-state index >= 15 is 0 Å². The van der Waals surface area contributed by atoms with Crippen LogP contribution < -0.4 is 4.90 Å². The van der Waals surface area contributed by atoms with Crippen LogP contribution in [-0.2, 0) is 0 Å². The van der Waals surface area contributed by atoms with Crippen LogP contribution in [0.15, 0.2) is 18.2 Å². The maximum Gasteiger partial charge on any atom is 0.146 e. The number of nitrogens with zero attached hydrogens (tertiary/aromatic N) is 1. The molecule has 1 rings (SSSR count). The van der Waals surface area contributed by atoms with E-state index in [1.807, 2.05) is 0 Å². The predicted molar refractivity (Wildman–Crippen MR) is 57.4 cm³/mol. The van der Waals surface area contributed by atoms with Gasteiger partial charge >= 0.3 is 0 Å². The first-order valence-corrected chi connectivity index (χ1v) is 4.85. The smallest absolute Gasteiger partial charge is 0.146 e. The molecule has 0 fully saturated rings. The number of benzene rings is 1. The highest BCUT2D eigenvalue weighted by Crippen LogP contribution is 2.22. The minimum Gasteiger partial charge on any atom is -0.395 e. The number of anilines is 1. The molecule has 0 bridgehead atoms. The zero-order valence-electron chi connectivity index (χ0n) is 8.94. The summed E-state index contributed by atoms with van der Waals surface area (Å²) in [7, 11) is 1.71. The van der Waals surface area contributed by atoms with Gasteiger partial charge in [-0.25, -0.2) is 4.39 Å². The van der Waals surface area contributed by atoms with Crippen molar-refractivity contribution in [2.45, 2.75) is 13.0 Å². The summed E-state index contributed by atoms with van der Waals surface area (Å²) in [6.07, 6.45) is -0.670. The first-order chi connectivity index (χ1) is 7.06. The molecule has 1 atom stereocenters. The van der Waals surface area contributed by atoms with Crippen LogP contribution in [0.5, 0.6) is 0 Å². The van der Waals surface area contributed by atoms with E-state index in [4.69, 9.17) is 5.11 Å². The van der Waals surface area contributed by atoms with Gasteiger partial charge in [0.25, 0.3) is 0 Å². The van der Waals surface area contributed by atoms with Crippen LogP contribution in [0.25, 0.3) is 0 Å². The molecule has 3 nitrogen and oxygen atoms in total. The van der Waals surface area contributed by atoms with Gasteiger partial charge in [0.2, 0.25) is 0 Å². The molecule has 0 aliphatic rings. The van der Waals surface area contributed by atoms with E-state index in [1.54, 1.807) is 31.0 Å². The van der Waals surface area contributed by atoms with Gasteiger partial charge in [-0.3, -0.25) is 0 Å². The van der Waals surface area contributed by atoms with Crippen LogP contribution in [0.4, 0.5) is 10.1 Å². The van der Waals surface area contributed by atoms with Gasteiger partial charge in [-0.1, -0.05) is 6.07 Å². The van der Waals surface area contributed by atoms with E-state index < -0.39 is 6.10 Å². The number of aliphatic hydroxyl groups is 2. The Bertz CT molecular complexity index is 328. The van der Waals surface area contributed by atoms with Gasteiger partial charge in [0.05, 0.1) is 18.4 Å². The lowest BCUT2D eigenvalue weighted by atomic mass is 10.1. The summed E-state index contributed by atoms with van der Waals surface area (Å²) in [4.78, 5) is 1.63. The van der Waals surface area contributed by atoms with Crippen molar-refractivity contribution in [1.82, 2.24) is 0 Å². The summed E-state index contributed by atoms with van der Waals surface area (Å²) in [5, 5.41) is 18.0. The minimum absolute atomic E-state index is 0.0197.